The summed E-state index contributed by atoms with van der Waals surface area (Å²) in [7, 11) is 0. The average molecular weight is 212 g/mol. The zero-order valence-electron chi connectivity index (χ0n) is 10.3. The van der Waals surface area contributed by atoms with Crippen molar-refractivity contribution in [3.63, 3.8) is 0 Å². The van der Waals surface area contributed by atoms with Gasteiger partial charge in [-0.25, -0.2) is 0 Å². The molecule has 0 saturated carbocycles. The molecule has 1 unspecified atom stereocenters. The van der Waals surface area contributed by atoms with Gasteiger partial charge >= 0.3 is 18.9 Å². The van der Waals surface area contributed by atoms with E-state index in [1.165, 1.54) is 0 Å². The van der Waals surface area contributed by atoms with E-state index in [9.17, 15) is 9.90 Å². The van der Waals surface area contributed by atoms with Gasteiger partial charge in [-0.1, -0.05) is 57.0 Å². The molecule has 1 atom stereocenters. The summed E-state index contributed by atoms with van der Waals surface area (Å²) in [6.45, 7) is 3.80. The number of aliphatic carboxylic acids is 1. The van der Waals surface area contributed by atoms with Crippen molar-refractivity contribution in [3.8, 4) is 0 Å². The minimum absolute atomic E-state index is 0. The van der Waals surface area contributed by atoms with E-state index in [0.29, 0.717) is 6.42 Å². The SMILES string of the molecule is CCCCC(C)(C(=O)[O-])c1ccccc1.[Li+]. The van der Waals surface area contributed by atoms with Crippen LogP contribution < -0.4 is 24.0 Å². The molecule has 0 aliphatic heterocycles. The fraction of sp³-hybridized carbons (Fsp3) is 0.462. The van der Waals surface area contributed by atoms with Gasteiger partial charge in [-0.05, 0) is 12.0 Å². The van der Waals surface area contributed by atoms with E-state index in [1.54, 1.807) is 6.92 Å². The van der Waals surface area contributed by atoms with Gasteiger partial charge in [-0.3, -0.25) is 0 Å². The van der Waals surface area contributed by atoms with Gasteiger partial charge in [0.15, 0.2) is 0 Å². The molecule has 0 saturated heterocycles. The van der Waals surface area contributed by atoms with Crippen LogP contribution >= 0.6 is 0 Å². The molecule has 2 nitrogen and oxygen atoms in total. The summed E-state index contributed by atoms with van der Waals surface area (Å²) in [4.78, 5) is 11.2. The normalized spacial score (nSPS) is 13.6. The molecule has 0 spiro atoms. The van der Waals surface area contributed by atoms with E-state index < -0.39 is 11.4 Å². The summed E-state index contributed by atoms with van der Waals surface area (Å²) < 4.78 is 0. The van der Waals surface area contributed by atoms with Crippen molar-refractivity contribution in [2.24, 2.45) is 0 Å². The number of carbonyl (C=O) groups is 1. The Morgan fingerprint density at radius 2 is 1.88 bits per heavy atom. The first kappa shape index (κ1) is 15.3. The van der Waals surface area contributed by atoms with Crippen molar-refractivity contribution in [1.29, 1.82) is 0 Å². The number of benzene rings is 1. The van der Waals surface area contributed by atoms with Crippen LogP contribution in [0.4, 0.5) is 0 Å². The van der Waals surface area contributed by atoms with E-state index in [2.05, 4.69) is 6.92 Å². The molecule has 0 heterocycles. The minimum atomic E-state index is -0.984. The summed E-state index contributed by atoms with van der Waals surface area (Å²) in [5.41, 5.74) is -0.0180. The summed E-state index contributed by atoms with van der Waals surface area (Å²) in [6, 6.07) is 9.32. The van der Waals surface area contributed by atoms with E-state index in [4.69, 9.17) is 0 Å². The van der Waals surface area contributed by atoms with E-state index in [1.807, 2.05) is 30.3 Å². The molecular formula is C13H17LiO2. The zero-order valence-corrected chi connectivity index (χ0v) is 10.3. The number of unbranched alkanes of at least 4 members (excludes halogenated alkanes) is 1. The number of rotatable bonds is 5. The average Bonchev–Trinajstić information content (AvgIpc) is 2.27. The number of carbonyl (C=O) groups excluding carboxylic acids is 1. The second-order valence-corrected chi connectivity index (χ2v) is 4.09. The van der Waals surface area contributed by atoms with Crippen LogP contribution in [0.15, 0.2) is 30.3 Å². The van der Waals surface area contributed by atoms with Crippen LogP contribution in [0.3, 0.4) is 0 Å². The third kappa shape index (κ3) is 3.40. The predicted molar refractivity (Wildman–Crippen MR) is 58.3 cm³/mol. The molecule has 0 aromatic heterocycles. The minimum Gasteiger partial charge on any atom is -0.549 e. The van der Waals surface area contributed by atoms with Crippen molar-refractivity contribution in [1.82, 2.24) is 0 Å². The fourth-order valence-corrected chi connectivity index (χ4v) is 1.70. The number of carboxylic acid groups (broad SMARTS) is 1. The van der Waals surface area contributed by atoms with Crippen molar-refractivity contribution < 1.29 is 28.8 Å². The fourth-order valence-electron chi connectivity index (χ4n) is 1.70. The molecule has 1 aromatic carbocycles. The van der Waals surface area contributed by atoms with Crippen LogP contribution in [0.2, 0.25) is 0 Å². The number of hydrogen-bond donors (Lipinski definition) is 0. The van der Waals surface area contributed by atoms with Crippen molar-refractivity contribution in [2.75, 3.05) is 0 Å². The standard InChI is InChI=1S/C13H18O2.Li/c1-3-4-10-13(2,12(14)15)11-8-6-5-7-9-11;/h5-9H,3-4,10H2,1-2H3,(H,14,15);/q;+1/p-1. The molecule has 1 aromatic rings. The van der Waals surface area contributed by atoms with Gasteiger partial charge in [0.2, 0.25) is 0 Å². The van der Waals surface area contributed by atoms with E-state index >= 15 is 0 Å². The van der Waals surface area contributed by atoms with Gasteiger partial charge < -0.3 is 9.90 Å². The van der Waals surface area contributed by atoms with Crippen LogP contribution in [0.5, 0.6) is 0 Å². The Morgan fingerprint density at radius 3 is 2.31 bits per heavy atom. The molecule has 16 heavy (non-hydrogen) atoms. The Balaban J connectivity index is 0.00000225. The second-order valence-electron chi connectivity index (χ2n) is 4.09. The van der Waals surface area contributed by atoms with Crippen molar-refractivity contribution in [3.05, 3.63) is 35.9 Å². The largest absolute Gasteiger partial charge is 1.00 e. The van der Waals surface area contributed by atoms with Gasteiger partial charge in [0, 0.05) is 5.41 Å². The second kappa shape index (κ2) is 6.78. The Hall–Kier alpha value is -0.713. The molecule has 82 valence electrons. The maximum absolute atomic E-state index is 11.2. The first-order chi connectivity index (χ1) is 7.11. The van der Waals surface area contributed by atoms with Crippen LogP contribution in [-0.4, -0.2) is 5.97 Å². The molecular weight excluding hydrogens is 195 g/mol. The first-order valence-corrected chi connectivity index (χ1v) is 5.38. The summed E-state index contributed by atoms with van der Waals surface area (Å²) in [5, 5.41) is 11.2. The molecule has 3 heteroatoms. The zero-order chi connectivity index (χ0) is 11.3. The molecule has 1 rings (SSSR count). The molecule has 0 radical (unpaired) electrons. The topological polar surface area (TPSA) is 40.1 Å². The molecule has 0 amide bonds. The monoisotopic (exact) mass is 212 g/mol. The Morgan fingerprint density at radius 1 is 1.31 bits per heavy atom. The summed E-state index contributed by atoms with van der Waals surface area (Å²) in [5.74, 6) is -0.984. The molecule has 0 aliphatic carbocycles. The predicted octanol–water partition coefficient (Wildman–Crippen LogP) is -1.11. The third-order valence-electron chi connectivity index (χ3n) is 2.89. The molecule has 0 bridgehead atoms. The van der Waals surface area contributed by atoms with Crippen LogP contribution in [-0.2, 0) is 10.2 Å². The van der Waals surface area contributed by atoms with Crippen LogP contribution in [0, 0.1) is 0 Å². The van der Waals surface area contributed by atoms with Crippen LogP contribution in [0.25, 0.3) is 0 Å². The first-order valence-electron chi connectivity index (χ1n) is 5.38. The Labute approximate surface area is 109 Å². The van der Waals surface area contributed by atoms with Gasteiger partial charge in [-0.15, -0.1) is 0 Å². The van der Waals surface area contributed by atoms with Crippen LogP contribution in [0.1, 0.15) is 38.7 Å². The molecule has 0 N–H and O–H groups in total. The van der Waals surface area contributed by atoms with Gasteiger partial charge in [0.1, 0.15) is 0 Å². The molecule has 0 aliphatic rings. The number of carboxylic acids is 1. The van der Waals surface area contributed by atoms with Crippen molar-refractivity contribution >= 4 is 5.97 Å². The van der Waals surface area contributed by atoms with Gasteiger partial charge in [0.25, 0.3) is 0 Å². The summed E-state index contributed by atoms with van der Waals surface area (Å²) >= 11 is 0. The molecule has 0 fully saturated rings. The quantitative estimate of drug-likeness (QED) is 0.581. The Bertz CT molecular complexity index is 324. The van der Waals surface area contributed by atoms with Gasteiger partial charge in [0.05, 0.1) is 5.97 Å². The van der Waals surface area contributed by atoms with Crippen molar-refractivity contribution in [2.45, 2.75) is 38.5 Å². The Kier molecular flexibility index (Phi) is 6.48. The van der Waals surface area contributed by atoms with E-state index in [0.717, 1.165) is 18.4 Å². The maximum atomic E-state index is 11.2. The maximum Gasteiger partial charge on any atom is 1.00 e. The summed E-state index contributed by atoms with van der Waals surface area (Å²) in [6.07, 6.45) is 2.53. The van der Waals surface area contributed by atoms with Gasteiger partial charge in [-0.2, -0.15) is 0 Å². The number of hydrogen-bond acceptors (Lipinski definition) is 2. The smallest absolute Gasteiger partial charge is 0.549 e. The van der Waals surface area contributed by atoms with E-state index in [-0.39, 0.29) is 18.9 Å². The third-order valence-corrected chi connectivity index (χ3v) is 2.89.